The van der Waals surface area contributed by atoms with E-state index in [0.717, 1.165) is 18.2 Å². The number of carbonyl (C=O) groups excluding carboxylic acids is 1. The van der Waals surface area contributed by atoms with E-state index in [0.29, 0.717) is 4.47 Å². The maximum atomic E-state index is 14.8. The molecule has 0 fully saturated rings. The molecule has 0 bridgehead atoms. The van der Waals surface area contributed by atoms with Gasteiger partial charge >= 0.3 is 202 Å². The Labute approximate surface area is 201 Å². The number of hydrogen-bond acceptors (Lipinski definition) is 6. The molecule has 0 saturated heterocycles. The van der Waals surface area contributed by atoms with Gasteiger partial charge in [0.2, 0.25) is 0 Å². The van der Waals surface area contributed by atoms with Crippen molar-refractivity contribution in [2.75, 3.05) is 20.0 Å². The van der Waals surface area contributed by atoms with Crippen molar-refractivity contribution in [1.29, 1.82) is 0 Å². The van der Waals surface area contributed by atoms with Crippen LogP contribution in [0.25, 0.3) is 0 Å². The van der Waals surface area contributed by atoms with Crippen LogP contribution in [0.5, 0.6) is 0 Å². The van der Waals surface area contributed by atoms with Gasteiger partial charge in [-0.1, -0.05) is 0 Å². The van der Waals surface area contributed by atoms with Gasteiger partial charge in [0.05, 0.1) is 0 Å². The molecule has 0 saturated carbocycles. The molecular weight excluding hydrogens is 596 g/mol. The first-order valence-corrected chi connectivity index (χ1v) is 14.5. The minimum absolute atomic E-state index is 0.185. The fourth-order valence-corrected chi connectivity index (χ4v) is 11.0. The summed E-state index contributed by atoms with van der Waals surface area (Å²) >= 11 is 1.05. The van der Waals surface area contributed by atoms with Crippen LogP contribution >= 0.6 is 15.9 Å². The molecule has 0 aliphatic carbocycles. The van der Waals surface area contributed by atoms with Gasteiger partial charge in [-0.05, 0) is 0 Å². The van der Waals surface area contributed by atoms with Crippen molar-refractivity contribution in [3.05, 3.63) is 68.4 Å². The second-order valence-electron chi connectivity index (χ2n) is 7.10. The first kappa shape index (κ1) is 27.3. The monoisotopic (exact) mass is 613 g/mol. The number of ether oxygens (including phenoxy) is 1. The summed E-state index contributed by atoms with van der Waals surface area (Å²) in [5.41, 5.74) is 1.53. The molecule has 1 unspecified atom stereocenters. The quantitative estimate of drug-likeness (QED) is 0.236. The molecule has 8 nitrogen and oxygen atoms in total. The van der Waals surface area contributed by atoms with E-state index in [-0.39, 0.29) is 5.56 Å². The molecule has 1 radical (unpaired) electrons. The number of alkyl halides is 2. The van der Waals surface area contributed by atoms with Crippen LogP contribution in [0.4, 0.5) is 18.9 Å². The first-order valence-electron chi connectivity index (χ1n) is 9.06. The van der Waals surface area contributed by atoms with Crippen molar-refractivity contribution in [1.82, 2.24) is 0 Å². The van der Waals surface area contributed by atoms with E-state index in [1.54, 1.807) is 0 Å². The van der Waals surface area contributed by atoms with Crippen molar-refractivity contribution >= 4 is 50.2 Å². The third-order valence-electron chi connectivity index (χ3n) is 4.68. The van der Waals surface area contributed by atoms with Crippen LogP contribution in [0.3, 0.4) is 0 Å². The maximum absolute atomic E-state index is 14.8. The van der Waals surface area contributed by atoms with Crippen LogP contribution in [0, 0.1) is 15.9 Å². The second-order valence-corrected chi connectivity index (χ2v) is 15.8. The average Bonchev–Trinajstić information content (AvgIpc) is 2.76. The third kappa shape index (κ3) is 5.95. The van der Waals surface area contributed by atoms with Crippen molar-refractivity contribution in [3.8, 4) is 0 Å². The molecule has 1 amide bonds. The number of nitro groups is 1. The molecule has 33 heavy (non-hydrogen) atoms. The second kappa shape index (κ2) is 10.5. The topological polar surface area (TPSA) is 130 Å². The molecular formula is C19H18AsBrF3N2O6S. The van der Waals surface area contributed by atoms with Gasteiger partial charge in [0.1, 0.15) is 0 Å². The molecule has 0 heterocycles. The SMILES string of the molecule is CC(COC(CF)(CF)C(N)=O)([As]S(=O)(=O)c1ccccc1[N+](=O)[O-])c1cc(Br)ccc1F. The van der Waals surface area contributed by atoms with Crippen LogP contribution < -0.4 is 5.73 Å². The predicted molar refractivity (Wildman–Crippen MR) is 117 cm³/mol. The number of benzene rings is 2. The summed E-state index contributed by atoms with van der Waals surface area (Å²) in [6, 6.07) is 8.28. The molecule has 0 aliphatic rings. The Morgan fingerprint density at radius 3 is 2.39 bits per heavy atom. The Bertz CT molecular complexity index is 1170. The van der Waals surface area contributed by atoms with Crippen LogP contribution in [-0.4, -0.2) is 59.4 Å². The third-order valence-corrected chi connectivity index (χ3v) is 12.8. The van der Waals surface area contributed by atoms with Gasteiger partial charge in [0.25, 0.3) is 0 Å². The number of carbonyl (C=O) groups is 1. The Hall–Kier alpha value is -1.95. The van der Waals surface area contributed by atoms with Gasteiger partial charge in [-0.25, -0.2) is 0 Å². The number of amides is 1. The van der Waals surface area contributed by atoms with Crippen molar-refractivity contribution in [2.45, 2.75) is 21.6 Å². The molecule has 0 aromatic heterocycles. The number of nitro benzene ring substituents is 1. The van der Waals surface area contributed by atoms with Crippen molar-refractivity contribution in [3.63, 3.8) is 0 Å². The summed E-state index contributed by atoms with van der Waals surface area (Å²) in [6.45, 7) is -2.81. The van der Waals surface area contributed by atoms with E-state index in [1.165, 1.54) is 31.2 Å². The molecule has 179 valence electrons. The number of hydrogen-bond donors (Lipinski definition) is 1. The molecule has 2 N–H and O–H groups in total. The average molecular weight is 614 g/mol. The number of primary amides is 1. The summed E-state index contributed by atoms with van der Waals surface area (Å²) in [6.07, 6.45) is 0. The van der Waals surface area contributed by atoms with Gasteiger partial charge in [-0.2, -0.15) is 0 Å². The molecule has 2 rings (SSSR count). The van der Waals surface area contributed by atoms with E-state index in [1.807, 2.05) is 0 Å². The van der Waals surface area contributed by atoms with Gasteiger partial charge in [0, 0.05) is 0 Å². The standard InChI is InChI=1S/C19H18AsBrF3N2O6S/c1-18(13-8-12(21)6-7-14(13)24,11-32-19(9-22,10-23)17(25)27)20-33(30,31)16-5-3-2-4-15(16)26(28)29/h2-8H,9-11H2,1H3,(H2,25,27). The number of nitrogens with two attached hydrogens (primary N) is 1. The Balaban J connectivity index is 2.62. The summed E-state index contributed by atoms with van der Waals surface area (Å²) in [5, 5.41) is 11.3. The van der Waals surface area contributed by atoms with E-state index in [4.69, 9.17) is 10.5 Å². The van der Waals surface area contributed by atoms with E-state index >= 15 is 0 Å². The normalized spacial score (nSPS) is 14.3. The Morgan fingerprint density at radius 1 is 1.24 bits per heavy atom. The Morgan fingerprint density at radius 2 is 1.85 bits per heavy atom. The van der Waals surface area contributed by atoms with Crippen molar-refractivity contribution < 1.29 is 36.0 Å². The van der Waals surface area contributed by atoms with E-state index in [2.05, 4.69) is 15.9 Å². The molecule has 2 aromatic rings. The predicted octanol–water partition coefficient (Wildman–Crippen LogP) is 2.98. The summed E-state index contributed by atoms with van der Waals surface area (Å²) in [7, 11) is -4.39. The fourth-order valence-electron chi connectivity index (χ4n) is 2.80. The van der Waals surface area contributed by atoms with Crippen LogP contribution in [0.2, 0.25) is 0 Å². The molecule has 2 aromatic carbocycles. The first-order chi connectivity index (χ1) is 15.3. The zero-order valence-electron chi connectivity index (χ0n) is 17.0. The number of nitrogens with zero attached hydrogens (tertiary/aromatic N) is 1. The summed E-state index contributed by atoms with van der Waals surface area (Å²) < 4.78 is 72.1. The zero-order valence-corrected chi connectivity index (χ0v) is 21.3. The van der Waals surface area contributed by atoms with Gasteiger partial charge < -0.3 is 0 Å². The number of halogens is 4. The number of para-hydroxylation sites is 1. The van der Waals surface area contributed by atoms with E-state index in [9.17, 15) is 36.5 Å². The van der Waals surface area contributed by atoms with Crippen molar-refractivity contribution in [2.24, 2.45) is 5.73 Å². The molecule has 14 heteroatoms. The van der Waals surface area contributed by atoms with E-state index < -0.39 is 79.7 Å². The number of rotatable bonds is 11. The van der Waals surface area contributed by atoms with Gasteiger partial charge in [-0.15, -0.1) is 0 Å². The van der Waals surface area contributed by atoms with Gasteiger partial charge in [-0.3, -0.25) is 0 Å². The Kier molecular flexibility index (Phi) is 8.72. The minimum atomic E-state index is -4.39. The summed E-state index contributed by atoms with van der Waals surface area (Å²) in [4.78, 5) is 21.5. The fraction of sp³-hybridized carbons (Fsp3) is 0.316. The van der Waals surface area contributed by atoms with Gasteiger partial charge in [0.15, 0.2) is 0 Å². The molecule has 0 aliphatic heterocycles. The van der Waals surface area contributed by atoms with Crippen LogP contribution in [0.1, 0.15) is 12.5 Å². The van der Waals surface area contributed by atoms with Crippen LogP contribution in [-0.2, 0) is 21.8 Å². The molecule has 1 atom stereocenters. The zero-order chi connectivity index (χ0) is 25.0. The van der Waals surface area contributed by atoms with Crippen LogP contribution in [0.15, 0.2) is 51.8 Å². The molecule has 0 spiro atoms. The summed E-state index contributed by atoms with van der Waals surface area (Å²) in [5.74, 6) is -2.30.